The van der Waals surface area contributed by atoms with Crippen LogP contribution in [0.5, 0.6) is 5.75 Å². The molecule has 1 aromatic carbocycles. The van der Waals surface area contributed by atoms with Crippen LogP contribution in [0.15, 0.2) is 24.3 Å². The Kier molecular flexibility index (Phi) is 5.94. The van der Waals surface area contributed by atoms with Gasteiger partial charge in [-0.15, -0.1) is 0 Å². The molecule has 0 spiro atoms. The molecule has 1 aromatic rings. The summed E-state index contributed by atoms with van der Waals surface area (Å²) in [5, 5.41) is 0. The number of hydrogen-bond acceptors (Lipinski definition) is 5. The molecule has 2 atom stereocenters. The Labute approximate surface area is 176 Å². The highest BCUT2D eigenvalue weighted by Gasteiger charge is 2.43. The monoisotopic (exact) mass is 415 g/mol. The standard InChI is InChI=1S/C22H29N3O5/c1-23-18-13-25(14-19(18)30-11-8-20(23)26)21(27)15-6-9-24(10-7-15)22(28)16-4-3-5-17(12-16)29-2/h3-5,12,15,18-19H,6-11,13-14H2,1-2H3/t18-,19-/m0/s1. The van der Waals surface area contributed by atoms with E-state index in [1.165, 1.54) is 0 Å². The lowest BCUT2D eigenvalue weighted by Gasteiger charge is -2.33. The van der Waals surface area contributed by atoms with E-state index >= 15 is 0 Å². The maximum atomic E-state index is 13.1. The molecule has 162 valence electrons. The average Bonchev–Trinajstić information content (AvgIpc) is 3.16. The summed E-state index contributed by atoms with van der Waals surface area (Å²) in [4.78, 5) is 43.4. The fraction of sp³-hybridized carbons (Fsp3) is 0.591. The Hall–Kier alpha value is -2.61. The van der Waals surface area contributed by atoms with Crippen LogP contribution in [0, 0.1) is 5.92 Å². The van der Waals surface area contributed by atoms with Gasteiger partial charge in [-0.25, -0.2) is 0 Å². The highest BCUT2D eigenvalue weighted by atomic mass is 16.5. The van der Waals surface area contributed by atoms with Crippen LogP contribution in [0.4, 0.5) is 0 Å². The van der Waals surface area contributed by atoms with Crippen molar-refractivity contribution in [2.45, 2.75) is 31.4 Å². The first-order valence-electron chi connectivity index (χ1n) is 10.6. The van der Waals surface area contributed by atoms with Crippen LogP contribution < -0.4 is 4.74 Å². The minimum absolute atomic E-state index is 0.0308. The number of carbonyl (C=O) groups is 3. The zero-order chi connectivity index (χ0) is 21.3. The first-order valence-corrected chi connectivity index (χ1v) is 10.6. The van der Waals surface area contributed by atoms with Crippen molar-refractivity contribution in [1.82, 2.24) is 14.7 Å². The molecular formula is C22H29N3O5. The van der Waals surface area contributed by atoms with Gasteiger partial charge in [0.1, 0.15) is 5.75 Å². The number of nitrogens with zero attached hydrogens (tertiary/aromatic N) is 3. The number of fused-ring (bicyclic) bond motifs is 1. The van der Waals surface area contributed by atoms with Gasteiger partial charge in [-0.05, 0) is 31.0 Å². The average molecular weight is 415 g/mol. The minimum Gasteiger partial charge on any atom is -0.497 e. The van der Waals surface area contributed by atoms with Gasteiger partial charge in [-0.2, -0.15) is 0 Å². The number of amides is 3. The van der Waals surface area contributed by atoms with Gasteiger partial charge < -0.3 is 24.2 Å². The molecule has 8 nitrogen and oxygen atoms in total. The highest BCUT2D eigenvalue weighted by molar-refractivity contribution is 5.94. The molecule has 3 saturated heterocycles. The molecule has 3 aliphatic heterocycles. The smallest absolute Gasteiger partial charge is 0.253 e. The Bertz CT molecular complexity index is 821. The van der Waals surface area contributed by atoms with Gasteiger partial charge in [-0.1, -0.05) is 6.07 Å². The molecule has 30 heavy (non-hydrogen) atoms. The van der Waals surface area contributed by atoms with E-state index in [-0.39, 0.29) is 35.8 Å². The third-order valence-electron chi connectivity index (χ3n) is 6.54. The molecule has 4 rings (SSSR count). The van der Waals surface area contributed by atoms with Crippen molar-refractivity contribution < 1.29 is 23.9 Å². The SMILES string of the molecule is COc1cccc(C(=O)N2CCC(C(=O)N3C[C@@H]4OCCC(=O)N(C)[C@H]4C3)CC2)c1. The predicted molar refractivity (Wildman–Crippen MR) is 109 cm³/mol. The molecule has 3 heterocycles. The summed E-state index contributed by atoms with van der Waals surface area (Å²) in [6.07, 6.45) is 1.59. The molecule has 3 amide bonds. The number of rotatable bonds is 3. The van der Waals surface area contributed by atoms with Crippen LogP contribution in [-0.2, 0) is 14.3 Å². The van der Waals surface area contributed by atoms with Crippen molar-refractivity contribution in [2.75, 3.05) is 46.9 Å². The van der Waals surface area contributed by atoms with E-state index in [0.29, 0.717) is 63.4 Å². The Balaban J connectivity index is 1.33. The first kappa shape index (κ1) is 20.7. The molecule has 0 aromatic heterocycles. The zero-order valence-corrected chi connectivity index (χ0v) is 17.6. The summed E-state index contributed by atoms with van der Waals surface area (Å²) in [6, 6.07) is 7.08. The van der Waals surface area contributed by atoms with Crippen LogP contribution in [0.25, 0.3) is 0 Å². The molecule has 0 saturated carbocycles. The maximum Gasteiger partial charge on any atom is 0.253 e. The van der Waals surface area contributed by atoms with Crippen molar-refractivity contribution in [2.24, 2.45) is 5.92 Å². The maximum absolute atomic E-state index is 13.1. The van der Waals surface area contributed by atoms with Crippen molar-refractivity contribution in [3.8, 4) is 5.75 Å². The lowest BCUT2D eigenvalue weighted by Crippen LogP contribution is -2.45. The number of likely N-dealkylation sites (N-methyl/N-ethyl adjacent to an activating group) is 1. The van der Waals surface area contributed by atoms with Crippen LogP contribution in [0.2, 0.25) is 0 Å². The molecule has 0 bridgehead atoms. The highest BCUT2D eigenvalue weighted by Crippen LogP contribution is 2.27. The Morgan fingerprint density at radius 3 is 2.63 bits per heavy atom. The van der Waals surface area contributed by atoms with Gasteiger partial charge in [0, 0.05) is 44.7 Å². The van der Waals surface area contributed by atoms with Crippen LogP contribution in [0.1, 0.15) is 29.6 Å². The summed E-state index contributed by atoms with van der Waals surface area (Å²) in [6.45, 7) is 2.58. The summed E-state index contributed by atoms with van der Waals surface area (Å²) < 4.78 is 11.0. The molecule has 0 unspecified atom stereocenters. The van der Waals surface area contributed by atoms with Gasteiger partial charge in [0.05, 0.1) is 32.3 Å². The first-order chi connectivity index (χ1) is 14.5. The topological polar surface area (TPSA) is 79.4 Å². The summed E-state index contributed by atoms with van der Waals surface area (Å²) in [7, 11) is 3.38. The number of hydrogen-bond donors (Lipinski definition) is 0. The van der Waals surface area contributed by atoms with Crippen molar-refractivity contribution in [1.29, 1.82) is 0 Å². The van der Waals surface area contributed by atoms with Gasteiger partial charge in [0.15, 0.2) is 0 Å². The predicted octanol–water partition coefficient (Wildman–Crippen LogP) is 1.01. The van der Waals surface area contributed by atoms with Gasteiger partial charge >= 0.3 is 0 Å². The molecule has 0 N–H and O–H groups in total. The molecule has 8 heteroatoms. The molecule has 0 aliphatic carbocycles. The molecule has 0 radical (unpaired) electrons. The second-order valence-electron chi connectivity index (χ2n) is 8.27. The summed E-state index contributed by atoms with van der Waals surface area (Å²) in [5.74, 6) is 0.713. The summed E-state index contributed by atoms with van der Waals surface area (Å²) >= 11 is 0. The number of likely N-dealkylation sites (tertiary alicyclic amines) is 2. The van der Waals surface area contributed by atoms with Gasteiger partial charge in [0.25, 0.3) is 5.91 Å². The van der Waals surface area contributed by atoms with Crippen molar-refractivity contribution in [3.63, 3.8) is 0 Å². The number of methoxy groups -OCH3 is 1. The number of carbonyl (C=O) groups excluding carboxylic acids is 3. The number of piperidine rings is 1. The number of benzene rings is 1. The molecule has 3 aliphatic rings. The van der Waals surface area contributed by atoms with Crippen LogP contribution in [-0.4, -0.2) is 91.5 Å². The van der Waals surface area contributed by atoms with Crippen LogP contribution in [0.3, 0.4) is 0 Å². The van der Waals surface area contributed by atoms with Crippen LogP contribution >= 0.6 is 0 Å². The van der Waals surface area contributed by atoms with E-state index in [4.69, 9.17) is 9.47 Å². The van der Waals surface area contributed by atoms with Crippen molar-refractivity contribution in [3.05, 3.63) is 29.8 Å². The van der Waals surface area contributed by atoms with E-state index in [1.807, 2.05) is 15.9 Å². The second kappa shape index (κ2) is 8.63. The molecule has 3 fully saturated rings. The Morgan fingerprint density at radius 1 is 1.13 bits per heavy atom. The van der Waals surface area contributed by atoms with E-state index in [9.17, 15) is 14.4 Å². The fourth-order valence-corrected chi connectivity index (χ4v) is 4.66. The fourth-order valence-electron chi connectivity index (χ4n) is 4.66. The third kappa shape index (κ3) is 4.01. The quantitative estimate of drug-likeness (QED) is 0.736. The van der Waals surface area contributed by atoms with Gasteiger partial charge in [-0.3, -0.25) is 14.4 Å². The normalized spacial score (nSPS) is 25.1. The Morgan fingerprint density at radius 2 is 1.90 bits per heavy atom. The second-order valence-corrected chi connectivity index (χ2v) is 8.27. The summed E-state index contributed by atoms with van der Waals surface area (Å²) in [5.41, 5.74) is 0.601. The van der Waals surface area contributed by atoms with Gasteiger partial charge in [0.2, 0.25) is 11.8 Å². The third-order valence-corrected chi connectivity index (χ3v) is 6.54. The largest absolute Gasteiger partial charge is 0.497 e. The minimum atomic E-state index is -0.111. The van der Waals surface area contributed by atoms with E-state index in [1.54, 1.807) is 37.3 Å². The number of ether oxygens (including phenoxy) is 2. The lowest BCUT2D eigenvalue weighted by molar-refractivity contribution is -0.137. The van der Waals surface area contributed by atoms with E-state index < -0.39 is 0 Å². The van der Waals surface area contributed by atoms with E-state index in [0.717, 1.165) is 0 Å². The van der Waals surface area contributed by atoms with Crippen molar-refractivity contribution >= 4 is 17.7 Å². The molecular weight excluding hydrogens is 386 g/mol. The lowest BCUT2D eigenvalue weighted by atomic mass is 9.95. The zero-order valence-electron chi connectivity index (χ0n) is 17.6. The van der Waals surface area contributed by atoms with E-state index in [2.05, 4.69) is 0 Å².